The fourth-order valence-corrected chi connectivity index (χ4v) is 3.83. The minimum atomic E-state index is -0.360. The number of anilines is 4. The van der Waals surface area contributed by atoms with Crippen molar-refractivity contribution in [3.05, 3.63) is 60.4 Å². The van der Waals surface area contributed by atoms with Gasteiger partial charge in [-0.15, -0.1) is 0 Å². The van der Waals surface area contributed by atoms with E-state index in [9.17, 15) is 4.79 Å². The van der Waals surface area contributed by atoms with E-state index in [1.165, 1.54) is 0 Å². The third-order valence-electron chi connectivity index (χ3n) is 6.04. The van der Waals surface area contributed by atoms with Crippen molar-refractivity contribution < 1.29 is 14.7 Å². The van der Waals surface area contributed by atoms with E-state index in [4.69, 9.17) is 9.94 Å². The summed E-state index contributed by atoms with van der Waals surface area (Å²) in [7, 11) is 3.92. The van der Waals surface area contributed by atoms with Crippen molar-refractivity contribution in [2.75, 3.05) is 23.9 Å². The van der Waals surface area contributed by atoms with Crippen LogP contribution >= 0.6 is 0 Å². The van der Waals surface area contributed by atoms with E-state index in [-0.39, 0.29) is 5.91 Å². The van der Waals surface area contributed by atoms with E-state index in [0.29, 0.717) is 25.4 Å². The van der Waals surface area contributed by atoms with Crippen molar-refractivity contribution in [3.63, 3.8) is 0 Å². The van der Waals surface area contributed by atoms with E-state index < -0.39 is 0 Å². The average Bonchev–Trinajstić information content (AvgIpc) is 3.19. The molecule has 0 radical (unpaired) electrons. The van der Waals surface area contributed by atoms with Gasteiger partial charge in [-0.1, -0.05) is 0 Å². The number of aromatic nitrogens is 4. The Hall–Kier alpha value is -4.18. The number of fused-ring (bicyclic) bond motifs is 1. The number of nitrogens with zero attached hydrogens (tertiary/aromatic N) is 5. The minimum Gasteiger partial charge on any atom is -0.494 e. The number of benzene rings is 2. The van der Waals surface area contributed by atoms with Crippen LogP contribution < -0.4 is 20.4 Å². The molecule has 1 amide bonds. The molecule has 0 saturated heterocycles. The summed E-state index contributed by atoms with van der Waals surface area (Å²) in [5.41, 5.74) is 5.56. The molecular formula is C26H31N7O3. The SMILES string of the molecule is Cc1c2ccc(N(C)c3ccnc(Nc4ccc(OCCCCCC(=O)NO)cc4)n3)cc2nn1C. The zero-order valence-corrected chi connectivity index (χ0v) is 20.7. The topological polar surface area (TPSA) is 117 Å². The quantitative estimate of drug-likeness (QED) is 0.159. The van der Waals surface area contributed by atoms with Crippen LogP contribution in [0.1, 0.15) is 31.4 Å². The predicted molar refractivity (Wildman–Crippen MR) is 139 cm³/mol. The van der Waals surface area contributed by atoms with Crippen molar-refractivity contribution >= 4 is 40.0 Å². The largest absolute Gasteiger partial charge is 0.494 e. The Morgan fingerprint density at radius 1 is 1.11 bits per heavy atom. The highest BCUT2D eigenvalue weighted by Crippen LogP contribution is 2.28. The first-order chi connectivity index (χ1) is 17.4. The second-order valence-electron chi connectivity index (χ2n) is 8.55. The number of hydrogen-bond acceptors (Lipinski definition) is 8. The van der Waals surface area contributed by atoms with Crippen LogP contribution in [0.25, 0.3) is 10.9 Å². The number of carbonyl (C=O) groups excluding carboxylic acids is 1. The highest BCUT2D eigenvalue weighted by atomic mass is 16.5. The first-order valence-corrected chi connectivity index (χ1v) is 11.9. The number of hydroxylamine groups is 1. The lowest BCUT2D eigenvalue weighted by Gasteiger charge is -2.19. The van der Waals surface area contributed by atoms with Crippen LogP contribution in [0.3, 0.4) is 0 Å². The van der Waals surface area contributed by atoms with Gasteiger partial charge >= 0.3 is 0 Å². The van der Waals surface area contributed by atoms with Crippen LogP contribution in [0.5, 0.6) is 5.75 Å². The molecule has 0 atom stereocenters. The van der Waals surface area contributed by atoms with Crippen molar-refractivity contribution in [3.8, 4) is 5.75 Å². The maximum Gasteiger partial charge on any atom is 0.243 e. The Morgan fingerprint density at radius 3 is 2.69 bits per heavy atom. The highest BCUT2D eigenvalue weighted by molar-refractivity contribution is 5.85. The van der Waals surface area contributed by atoms with Gasteiger partial charge in [0.15, 0.2) is 0 Å². The molecule has 0 aliphatic rings. The molecule has 188 valence electrons. The summed E-state index contributed by atoms with van der Waals surface area (Å²) in [5, 5.41) is 17.4. The number of rotatable bonds is 11. The molecule has 0 unspecified atom stereocenters. The summed E-state index contributed by atoms with van der Waals surface area (Å²) >= 11 is 0. The zero-order chi connectivity index (χ0) is 25.5. The summed E-state index contributed by atoms with van der Waals surface area (Å²) in [6.45, 7) is 2.62. The van der Waals surface area contributed by atoms with Crippen LogP contribution in [0.4, 0.5) is 23.1 Å². The number of nitrogens with one attached hydrogen (secondary N) is 2. The highest BCUT2D eigenvalue weighted by Gasteiger charge is 2.11. The second-order valence-corrected chi connectivity index (χ2v) is 8.55. The molecule has 0 saturated carbocycles. The summed E-state index contributed by atoms with van der Waals surface area (Å²) in [6, 6.07) is 15.7. The Morgan fingerprint density at radius 2 is 1.92 bits per heavy atom. The van der Waals surface area contributed by atoms with Gasteiger partial charge in [0.2, 0.25) is 11.9 Å². The number of hydrogen-bond donors (Lipinski definition) is 3. The third kappa shape index (κ3) is 6.08. The molecule has 10 heteroatoms. The van der Waals surface area contributed by atoms with E-state index in [2.05, 4.69) is 45.5 Å². The predicted octanol–water partition coefficient (Wildman–Crippen LogP) is 4.63. The van der Waals surface area contributed by atoms with Gasteiger partial charge < -0.3 is 15.0 Å². The Labute approximate surface area is 209 Å². The van der Waals surface area contributed by atoms with E-state index in [0.717, 1.165) is 52.4 Å². The van der Waals surface area contributed by atoms with E-state index in [1.807, 2.05) is 54.0 Å². The van der Waals surface area contributed by atoms with Crippen molar-refractivity contribution in [1.82, 2.24) is 25.2 Å². The number of ether oxygens (including phenoxy) is 1. The Balaban J connectivity index is 1.32. The Bertz CT molecular complexity index is 1320. The fourth-order valence-electron chi connectivity index (χ4n) is 3.83. The minimum absolute atomic E-state index is 0.315. The molecule has 0 fully saturated rings. The molecule has 0 aliphatic carbocycles. The molecule has 0 spiro atoms. The van der Waals surface area contributed by atoms with Gasteiger partial charge in [-0.3, -0.25) is 14.7 Å². The lowest BCUT2D eigenvalue weighted by molar-refractivity contribution is -0.129. The molecule has 4 rings (SSSR count). The Kier molecular flexibility index (Phi) is 7.96. The lowest BCUT2D eigenvalue weighted by atomic mass is 10.2. The third-order valence-corrected chi connectivity index (χ3v) is 6.04. The molecule has 4 aromatic rings. The van der Waals surface area contributed by atoms with Gasteiger partial charge in [0.25, 0.3) is 0 Å². The molecular weight excluding hydrogens is 458 g/mol. The van der Waals surface area contributed by atoms with Crippen LogP contribution in [0.2, 0.25) is 0 Å². The van der Waals surface area contributed by atoms with Crippen LogP contribution in [0.15, 0.2) is 54.7 Å². The van der Waals surface area contributed by atoms with Gasteiger partial charge in [-0.05, 0) is 74.7 Å². The molecule has 2 aromatic heterocycles. The normalized spacial score (nSPS) is 10.9. The molecule has 2 aromatic carbocycles. The van der Waals surface area contributed by atoms with Gasteiger partial charge in [0.05, 0.1) is 12.1 Å². The van der Waals surface area contributed by atoms with Crippen molar-refractivity contribution in [2.24, 2.45) is 7.05 Å². The number of aryl methyl sites for hydroxylation is 2. The smallest absolute Gasteiger partial charge is 0.243 e. The first-order valence-electron chi connectivity index (χ1n) is 11.9. The maximum atomic E-state index is 11.0. The van der Waals surface area contributed by atoms with E-state index >= 15 is 0 Å². The summed E-state index contributed by atoms with van der Waals surface area (Å²) in [6.07, 6.45) is 4.44. The van der Waals surface area contributed by atoms with Gasteiger partial charge in [0, 0.05) is 49.2 Å². The van der Waals surface area contributed by atoms with Crippen LogP contribution in [0, 0.1) is 6.92 Å². The van der Waals surface area contributed by atoms with Crippen LogP contribution in [-0.2, 0) is 11.8 Å². The lowest BCUT2D eigenvalue weighted by Crippen LogP contribution is -2.17. The zero-order valence-electron chi connectivity index (χ0n) is 20.7. The summed E-state index contributed by atoms with van der Waals surface area (Å²) in [5.74, 6) is 1.66. The van der Waals surface area contributed by atoms with Crippen molar-refractivity contribution in [1.29, 1.82) is 0 Å². The standard InChI is InChI=1S/C26H31N7O3/c1-18-22-13-10-20(17-23(22)30-33(18)3)32(2)24-14-15-27-26(29-24)28-19-8-11-21(12-9-19)36-16-6-4-5-7-25(34)31-35/h8-15,17,35H,4-7,16H2,1-3H3,(H,31,34)(H,27,28,29). The van der Waals surface area contributed by atoms with E-state index in [1.54, 1.807) is 11.7 Å². The monoisotopic (exact) mass is 489 g/mol. The number of amides is 1. The molecule has 10 nitrogen and oxygen atoms in total. The number of carbonyl (C=O) groups is 1. The molecule has 36 heavy (non-hydrogen) atoms. The summed E-state index contributed by atoms with van der Waals surface area (Å²) < 4.78 is 7.65. The second kappa shape index (κ2) is 11.5. The molecule has 0 bridgehead atoms. The van der Waals surface area contributed by atoms with Gasteiger partial charge in [-0.2, -0.15) is 10.1 Å². The maximum absolute atomic E-state index is 11.0. The number of unbranched alkanes of at least 4 members (excludes halogenated alkanes) is 2. The molecule has 3 N–H and O–H groups in total. The van der Waals surface area contributed by atoms with Gasteiger partial charge in [-0.25, -0.2) is 10.5 Å². The molecule has 0 aliphatic heterocycles. The van der Waals surface area contributed by atoms with Crippen LogP contribution in [-0.4, -0.2) is 44.5 Å². The fraction of sp³-hybridized carbons (Fsp3) is 0.308. The first kappa shape index (κ1) is 24.9. The summed E-state index contributed by atoms with van der Waals surface area (Å²) in [4.78, 5) is 22.0. The molecule has 2 heterocycles. The average molecular weight is 490 g/mol. The van der Waals surface area contributed by atoms with Crippen molar-refractivity contribution in [2.45, 2.75) is 32.6 Å². The van der Waals surface area contributed by atoms with Gasteiger partial charge in [0.1, 0.15) is 11.6 Å².